The van der Waals surface area contributed by atoms with E-state index in [9.17, 15) is 9.59 Å². The first kappa shape index (κ1) is 41.8. The van der Waals surface area contributed by atoms with Gasteiger partial charge in [-0.2, -0.15) is 4.98 Å². The standard InChI is InChI=1S/C15H22ClN5O.C10H20N2.C5H3Cl2N3O.CH4O.CH4/c1-15(2)7-9(6-10-4-3-5-21(10)15)19-13-11(12(17)22)8-18-14(16)20-13;1-10(2)7-8(11)6-9-4-3-5-12(9)10;6-3-2(4(8)11)1-9-5(7)10-3;1-2;/h8-10H,3-7H2,1-2H3,(H2,17,22)(H,18,19,20);8-9H,3-7,11H2,1-2H3;1H,(H2,8,11);2H,1H3;1H4/t9-,10+;8-,9+;;;/m11.../s1. The van der Waals surface area contributed by atoms with E-state index in [1.54, 1.807) is 0 Å². The Morgan fingerprint density at radius 1 is 0.833 bits per heavy atom. The van der Waals surface area contributed by atoms with Crippen molar-refractivity contribution in [2.45, 2.75) is 122 Å². The van der Waals surface area contributed by atoms with Crippen molar-refractivity contribution in [1.82, 2.24) is 29.7 Å². The predicted octanol–water partition coefficient (Wildman–Crippen LogP) is 4.52. The van der Waals surface area contributed by atoms with Crippen LogP contribution in [-0.4, -0.2) is 102 Å². The van der Waals surface area contributed by atoms with Crippen LogP contribution < -0.4 is 22.5 Å². The third kappa shape index (κ3) is 10.8. The summed E-state index contributed by atoms with van der Waals surface area (Å²) in [5, 5.41) is 10.4. The van der Waals surface area contributed by atoms with Crippen LogP contribution in [0.5, 0.6) is 0 Å². The number of aliphatic hydroxyl groups excluding tert-OH is 1. The van der Waals surface area contributed by atoms with Gasteiger partial charge in [-0.1, -0.05) is 19.0 Å². The smallest absolute Gasteiger partial charge is 0.254 e. The Kier molecular flexibility index (Phi) is 15.7. The van der Waals surface area contributed by atoms with Crippen LogP contribution in [0, 0.1) is 0 Å². The number of hydrogen-bond donors (Lipinski definition) is 5. The van der Waals surface area contributed by atoms with Crippen molar-refractivity contribution in [2.75, 3.05) is 25.5 Å². The molecule has 4 aliphatic rings. The van der Waals surface area contributed by atoms with Crippen molar-refractivity contribution in [2.24, 2.45) is 17.2 Å². The van der Waals surface area contributed by atoms with Gasteiger partial charge in [0.25, 0.3) is 11.8 Å². The van der Waals surface area contributed by atoms with Crippen molar-refractivity contribution in [3.05, 3.63) is 39.2 Å². The second kappa shape index (κ2) is 18.0. The Balaban J connectivity index is 0.000000262. The van der Waals surface area contributed by atoms with E-state index in [1.165, 1.54) is 64.0 Å². The fourth-order valence-corrected chi connectivity index (χ4v) is 8.07. The van der Waals surface area contributed by atoms with Crippen molar-refractivity contribution < 1.29 is 14.7 Å². The fraction of sp³-hybridized carbons (Fsp3) is 0.688. The van der Waals surface area contributed by atoms with Crippen LogP contribution in [0.2, 0.25) is 15.7 Å². The first-order valence-corrected chi connectivity index (χ1v) is 17.0. The van der Waals surface area contributed by atoms with E-state index < -0.39 is 11.8 Å². The average Bonchev–Trinajstić information content (AvgIpc) is 3.65. The summed E-state index contributed by atoms with van der Waals surface area (Å²) in [6, 6.07) is 2.08. The molecule has 0 bridgehead atoms. The SMILES string of the molecule is C.CC1(C)C[C@H](N)C[C@@H]2CCCN21.CC1(C)C[C@H](Nc2nc(Cl)ncc2C(N)=O)C[C@@H]2CCCN21.CO.NC(=O)c1cnc(Cl)nc1Cl. The molecule has 13 nitrogen and oxygen atoms in total. The van der Waals surface area contributed by atoms with E-state index in [4.69, 9.17) is 57.1 Å². The number of nitrogens with two attached hydrogens (primary N) is 3. The number of halogens is 3. The number of piperidine rings is 2. The van der Waals surface area contributed by atoms with Gasteiger partial charge < -0.3 is 27.6 Å². The van der Waals surface area contributed by atoms with Gasteiger partial charge in [-0.05, 0) is 115 Å². The molecule has 16 heteroatoms. The van der Waals surface area contributed by atoms with E-state index in [1.807, 2.05) is 0 Å². The minimum absolute atomic E-state index is 0. The molecule has 0 unspecified atom stereocenters. The lowest BCUT2D eigenvalue weighted by Gasteiger charge is -2.47. The molecule has 0 spiro atoms. The normalized spacial score (nSPS) is 25.2. The number of nitrogens with zero attached hydrogens (tertiary/aromatic N) is 6. The lowest BCUT2D eigenvalue weighted by Crippen LogP contribution is -2.55. The van der Waals surface area contributed by atoms with Gasteiger partial charge in [0.1, 0.15) is 11.0 Å². The maximum Gasteiger partial charge on any atom is 0.254 e. The second-order valence-corrected chi connectivity index (χ2v) is 14.6. The number of amides is 2. The van der Waals surface area contributed by atoms with Crippen LogP contribution in [0.1, 0.15) is 107 Å². The van der Waals surface area contributed by atoms with Gasteiger partial charge in [-0.25, -0.2) is 15.0 Å². The molecule has 2 amide bonds. The molecular formula is C32H53Cl3N10O3. The van der Waals surface area contributed by atoms with Crippen LogP contribution >= 0.6 is 34.8 Å². The zero-order valence-electron chi connectivity index (χ0n) is 27.8. The highest BCUT2D eigenvalue weighted by molar-refractivity contribution is 6.34. The fourth-order valence-electron chi connectivity index (χ4n) is 7.54. The minimum Gasteiger partial charge on any atom is -0.400 e. The summed E-state index contributed by atoms with van der Waals surface area (Å²) in [7, 11) is 1.00. The summed E-state index contributed by atoms with van der Waals surface area (Å²) >= 11 is 16.7. The number of fused-ring (bicyclic) bond motifs is 2. The van der Waals surface area contributed by atoms with Gasteiger partial charge in [-0.3, -0.25) is 19.4 Å². The van der Waals surface area contributed by atoms with Crippen molar-refractivity contribution in [3.8, 4) is 0 Å². The molecule has 6 heterocycles. The highest BCUT2D eigenvalue weighted by Crippen LogP contribution is 2.39. The van der Waals surface area contributed by atoms with Gasteiger partial charge in [-0.15, -0.1) is 0 Å². The number of aliphatic hydroxyl groups is 1. The van der Waals surface area contributed by atoms with Gasteiger partial charge in [0.2, 0.25) is 10.6 Å². The highest BCUT2D eigenvalue weighted by atomic mass is 35.5. The second-order valence-electron chi connectivity index (χ2n) is 13.6. The van der Waals surface area contributed by atoms with Gasteiger partial charge in [0.15, 0.2) is 0 Å². The van der Waals surface area contributed by atoms with E-state index >= 15 is 0 Å². The number of aromatic nitrogens is 4. The summed E-state index contributed by atoms with van der Waals surface area (Å²) in [5.74, 6) is -0.775. The molecule has 0 aromatic carbocycles. The monoisotopic (exact) mass is 730 g/mol. The first-order chi connectivity index (χ1) is 22.1. The summed E-state index contributed by atoms with van der Waals surface area (Å²) in [5.41, 5.74) is 17.2. The molecule has 2 aromatic heterocycles. The molecule has 0 saturated carbocycles. The number of anilines is 1. The van der Waals surface area contributed by atoms with Gasteiger partial charge >= 0.3 is 0 Å². The summed E-state index contributed by atoms with van der Waals surface area (Å²) in [6.07, 6.45) is 12.2. The Hall–Kier alpha value is -2.39. The Labute approximate surface area is 299 Å². The molecule has 6 rings (SSSR count). The number of primary amides is 2. The highest BCUT2D eigenvalue weighted by Gasteiger charge is 2.43. The molecule has 2 aromatic rings. The first-order valence-electron chi connectivity index (χ1n) is 15.9. The molecule has 4 fully saturated rings. The Bertz CT molecular complexity index is 1380. The predicted molar refractivity (Wildman–Crippen MR) is 192 cm³/mol. The molecular weight excluding hydrogens is 679 g/mol. The number of hydrogen-bond acceptors (Lipinski definition) is 11. The average molecular weight is 732 g/mol. The molecule has 4 aliphatic heterocycles. The van der Waals surface area contributed by atoms with Crippen LogP contribution in [0.4, 0.5) is 5.82 Å². The number of carbonyl (C=O) groups excluding carboxylic acids is 2. The van der Waals surface area contributed by atoms with Crippen LogP contribution in [0.3, 0.4) is 0 Å². The Morgan fingerprint density at radius 3 is 1.83 bits per heavy atom. The number of carbonyl (C=O) groups is 2. The van der Waals surface area contributed by atoms with Crippen LogP contribution in [0.25, 0.3) is 0 Å². The zero-order valence-corrected chi connectivity index (χ0v) is 30.1. The minimum atomic E-state index is -0.674. The van der Waals surface area contributed by atoms with E-state index in [-0.39, 0.29) is 45.9 Å². The quantitative estimate of drug-likeness (QED) is 0.219. The molecule has 0 radical (unpaired) electrons. The lowest BCUT2D eigenvalue weighted by molar-refractivity contribution is 0.0462. The molecule has 0 aliphatic carbocycles. The third-order valence-electron chi connectivity index (χ3n) is 9.29. The van der Waals surface area contributed by atoms with E-state index in [0.29, 0.717) is 23.4 Å². The Morgan fingerprint density at radius 2 is 1.31 bits per heavy atom. The molecule has 8 N–H and O–H groups in total. The van der Waals surface area contributed by atoms with Crippen LogP contribution in [-0.2, 0) is 0 Å². The molecule has 270 valence electrons. The van der Waals surface area contributed by atoms with E-state index in [0.717, 1.165) is 26.0 Å². The summed E-state index contributed by atoms with van der Waals surface area (Å²) in [6.45, 7) is 11.7. The third-order valence-corrected chi connectivity index (χ3v) is 9.94. The van der Waals surface area contributed by atoms with Crippen molar-refractivity contribution in [1.29, 1.82) is 0 Å². The molecule has 48 heavy (non-hydrogen) atoms. The van der Waals surface area contributed by atoms with Crippen molar-refractivity contribution in [3.63, 3.8) is 0 Å². The lowest BCUT2D eigenvalue weighted by atomic mass is 9.84. The van der Waals surface area contributed by atoms with E-state index in [2.05, 4.69) is 62.7 Å². The van der Waals surface area contributed by atoms with Crippen molar-refractivity contribution >= 4 is 52.4 Å². The molecule has 4 atom stereocenters. The summed E-state index contributed by atoms with van der Waals surface area (Å²) < 4.78 is 0. The molecule has 4 saturated heterocycles. The van der Waals surface area contributed by atoms with Gasteiger partial charge in [0, 0.05) is 54.7 Å². The summed E-state index contributed by atoms with van der Waals surface area (Å²) in [4.78, 5) is 42.4. The zero-order chi connectivity index (χ0) is 35.1. The van der Waals surface area contributed by atoms with Gasteiger partial charge in [0.05, 0.1) is 11.1 Å². The number of nitrogens with one attached hydrogen (secondary N) is 1. The topological polar surface area (TPSA) is 202 Å². The van der Waals surface area contributed by atoms with Crippen LogP contribution in [0.15, 0.2) is 12.4 Å². The maximum atomic E-state index is 11.5. The largest absolute Gasteiger partial charge is 0.400 e. The number of rotatable bonds is 4. The maximum absolute atomic E-state index is 11.5.